The molecular formula is C14H26NO8P. The van der Waals surface area contributed by atoms with Gasteiger partial charge in [0.25, 0.3) is 0 Å². The number of aliphatic hydroxyl groups excluding tert-OH is 2. The molecule has 0 heterocycles. The van der Waals surface area contributed by atoms with Gasteiger partial charge in [-0.05, 0) is 43.9 Å². The third kappa shape index (κ3) is 12.3. The van der Waals surface area contributed by atoms with Crippen LogP contribution in [0.1, 0.15) is 37.9 Å². The van der Waals surface area contributed by atoms with E-state index in [4.69, 9.17) is 24.4 Å². The number of phenolic OH excluding ortho intramolecular Hbond substituents is 2. The van der Waals surface area contributed by atoms with Crippen molar-refractivity contribution in [3.05, 3.63) is 23.8 Å². The Morgan fingerprint density at radius 2 is 1.71 bits per heavy atom. The second-order valence-corrected chi connectivity index (χ2v) is 6.33. The molecule has 0 saturated heterocycles. The first kappa shape index (κ1) is 22.8. The lowest BCUT2D eigenvalue weighted by molar-refractivity contribution is 0.169. The standard InChI is InChI=1S/C14H23NO4.H3O4P/c1-10(4-2-3-7-16)15-9-14(19)11-5-6-12(17)13(18)8-11;1-5(2,3)4/h5-6,8,10,14-19H,2-4,7,9H2,1H3;(H3,1,2,3,4). The third-order valence-electron chi connectivity index (χ3n) is 3.09. The van der Waals surface area contributed by atoms with Crippen LogP contribution in [-0.4, -0.2) is 54.3 Å². The summed E-state index contributed by atoms with van der Waals surface area (Å²) in [5.74, 6) is -0.422. The molecule has 0 spiro atoms. The number of benzene rings is 1. The predicted molar refractivity (Wildman–Crippen MR) is 87.4 cm³/mol. The van der Waals surface area contributed by atoms with Gasteiger partial charge in [0.1, 0.15) is 0 Å². The van der Waals surface area contributed by atoms with Crippen molar-refractivity contribution in [2.75, 3.05) is 13.2 Å². The monoisotopic (exact) mass is 367 g/mol. The Labute approximate surface area is 140 Å². The van der Waals surface area contributed by atoms with Crippen molar-refractivity contribution in [2.24, 2.45) is 0 Å². The molecule has 0 radical (unpaired) electrons. The summed E-state index contributed by atoms with van der Waals surface area (Å²) in [5, 5.41) is 40.4. The number of aliphatic hydroxyl groups is 2. The van der Waals surface area contributed by atoms with Crippen LogP contribution in [0.15, 0.2) is 18.2 Å². The van der Waals surface area contributed by atoms with E-state index in [1.54, 1.807) is 6.07 Å². The van der Waals surface area contributed by atoms with Gasteiger partial charge in [-0.3, -0.25) is 0 Å². The van der Waals surface area contributed by atoms with Crippen LogP contribution in [0.25, 0.3) is 0 Å². The SMILES string of the molecule is CC(CCCCO)NCC(O)c1ccc(O)c(O)c1.O=P(O)(O)O. The summed E-state index contributed by atoms with van der Waals surface area (Å²) in [4.78, 5) is 21.6. The Kier molecular flexibility index (Phi) is 10.8. The minimum Gasteiger partial charge on any atom is -0.504 e. The summed E-state index contributed by atoms with van der Waals surface area (Å²) in [6.07, 6.45) is 1.95. The Morgan fingerprint density at radius 3 is 2.21 bits per heavy atom. The van der Waals surface area contributed by atoms with Gasteiger partial charge >= 0.3 is 7.82 Å². The maximum absolute atomic E-state index is 9.96. The van der Waals surface area contributed by atoms with Crippen LogP contribution in [-0.2, 0) is 4.57 Å². The van der Waals surface area contributed by atoms with Crippen LogP contribution in [0.2, 0.25) is 0 Å². The summed E-state index contributed by atoms with van der Waals surface area (Å²) < 4.78 is 8.88. The van der Waals surface area contributed by atoms with Gasteiger partial charge in [0.05, 0.1) is 6.10 Å². The van der Waals surface area contributed by atoms with E-state index < -0.39 is 13.9 Å². The van der Waals surface area contributed by atoms with E-state index in [1.807, 2.05) is 6.92 Å². The molecule has 8 N–H and O–H groups in total. The molecule has 2 atom stereocenters. The molecule has 0 amide bonds. The summed E-state index contributed by atoms with van der Waals surface area (Å²) in [7, 11) is -4.64. The number of rotatable bonds is 8. The molecule has 1 rings (SSSR count). The van der Waals surface area contributed by atoms with Gasteiger partial charge in [-0.15, -0.1) is 0 Å². The van der Waals surface area contributed by atoms with Crippen molar-refractivity contribution in [1.82, 2.24) is 5.32 Å². The first-order chi connectivity index (χ1) is 11.0. The number of phosphoric acid groups is 1. The second-order valence-electron chi connectivity index (χ2n) is 5.31. The minimum atomic E-state index is -4.64. The Balaban J connectivity index is 0.000000922. The molecule has 140 valence electrons. The van der Waals surface area contributed by atoms with Crippen molar-refractivity contribution in [3.63, 3.8) is 0 Å². The average molecular weight is 367 g/mol. The highest BCUT2D eigenvalue weighted by molar-refractivity contribution is 7.45. The van der Waals surface area contributed by atoms with E-state index in [0.29, 0.717) is 12.1 Å². The van der Waals surface area contributed by atoms with Crippen LogP contribution in [0.3, 0.4) is 0 Å². The summed E-state index contributed by atoms with van der Waals surface area (Å²) in [6, 6.07) is 4.56. The highest BCUT2D eigenvalue weighted by atomic mass is 31.2. The molecule has 1 aromatic rings. The number of hydrogen-bond donors (Lipinski definition) is 8. The highest BCUT2D eigenvalue weighted by Gasteiger charge is 2.11. The summed E-state index contributed by atoms with van der Waals surface area (Å²) in [6.45, 7) is 2.62. The number of hydrogen-bond acceptors (Lipinski definition) is 6. The van der Waals surface area contributed by atoms with E-state index in [0.717, 1.165) is 19.3 Å². The van der Waals surface area contributed by atoms with Crippen molar-refractivity contribution in [2.45, 2.75) is 38.3 Å². The van der Waals surface area contributed by atoms with Gasteiger partial charge in [0.15, 0.2) is 11.5 Å². The van der Waals surface area contributed by atoms with Crippen molar-refractivity contribution in [1.29, 1.82) is 0 Å². The molecule has 10 heteroatoms. The zero-order valence-corrected chi connectivity index (χ0v) is 14.3. The lowest BCUT2D eigenvalue weighted by Crippen LogP contribution is -2.30. The predicted octanol–water partition coefficient (Wildman–Crippen LogP) is 0.343. The lowest BCUT2D eigenvalue weighted by Gasteiger charge is -2.17. The average Bonchev–Trinajstić information content (AvgIpc) is 2.46. The molecule has 0 aromatic heterocycles. The van der Waals surface area contributed by atoms with Crippen molar-refractivity contribution >= 4 is 7.82 Å². The van der Waals surface area contributed by atoms with Crippen LogP contribution in [0.5, 0.6) is 11.5 Å². The van der Waals surface area contributed by atoms with E-state index in [2.05, 4.69) is 5.32 Å². The molecule has 2 unspecified atom stereocenters. The molecule has 0 aliphatic heterocycles. The van der Waals surface area contributed by atoms with E-state index >= 15 is 0 Å². The van der Waals surface area contributed by atoms with Gasteiger partial charge in [0.2, 0.25) is 0 Å². The summed E-state index contributed by atoms with van der Waals surface area (Å²) in [5.41, 5.74) is 0.561. The largest absolute Gasteiger partial charge is 0.504 e. The van der Waals surface area contributed by atoms with Gasteiger partial charge in [-0.2, -0.15) is 0 Å². The highest BCUT2D eigenvalue weighted by Crippen LogP contribution is 2.27. The molecular weight excluding hydrogens is 341 g/mol. The zero-order valence-electron chi connectivity index (χ0n) is 13.4. The first-order valence-corrected chi connectivity index (χ1v) is 8.93. The molecule has 0 fully saturated rings. The van der Waals surface area contributed by atoms with Crippen LogP contribution in [0, 0.1) is 0 Å². The molecule has 24 heavy (non-hydrogen) atoms. The maximum atomic E-state index is 9.96. The number of unbranched alkanes of at least 4 members (excludes halogenated alkanes) is 1. The van der Waals surface area contributed by atoms with Crippen LogP contribution in [0.4, 0.5) is 0 Å². The second kappa shape index (κ2) is 11.4. The lowest BCUT2D eigenvalue weighted by atomic mass is 10.1. The number of nitrogens with one attached hydrogen (secondary N) is 1. The topological polar surface area (TPSA) is 171 Å². The fraction of sp³-hybridized carbons (Fsp3) is 0.571. The summed E-state index contributed by atoms with van der Waals surface area (Å²) >= 11 is 0. The van der Waals surface area contributed by atoms with Crippen LogP contribution < -0.4 is 5.32 Å². The van der Waals surface area contributed by atoms with E-state index in [-0.39, 0.29) is 24.1 Å². The fourth-order valence-corrected chi connectivity index (χ4v) is 1.84. The molecule has 0 saturated carbocycles. The van der Waals surface area contributed by atoms with Crippen molar-refractivity contribution in [3.8, 4) is 11.5 Å². The zero-order chi connectivity index (χ0) is 18.8. The maximum Gasteiger partial charge on any atom is 0.466 e. The molecule has 0 aliphatic rings. The molecule has 0 aliphatic carbocycles. The smallest absolute Gasteiger partial charge is 0.466 e. The van der Waals surface area contributed by atoms with Crippen molar-refractivity contribution < 1.29 is 39.7 Å². The molecule has 0 bridgehead atoms. The van der Waals surface area contributed by atoms with Gasteiger partial charge < -0.3 is 40.4 Å². The first-order valence-electron chi connectivity index (χ1n) is 7.37. The quantitative estimate of drug-likeness (QED) is 0.183. The number of aromatic hydroxyl groups is 2. The minimum absolute atomic E-state index is 0.193. The van der Waals surface area contributed by atoms with E-state index in [9.17, 15) is 15.3 Å². The molecule has 9 nitrogen and oxygen atoms in total. The van der Waals surface area contributed by atoms with Gasteiger partial charge in [-0.1, -0.05) is 6.07 Å². The Bertz CT molecular complexity index is 513. The Morgan fingerprint density at radius 1 is 1.12 bits per heavy atom. The van der Waals surface area contributed by atoms with Gasteiger partial charge in [0, 0.05) is 19.2 Å². The third-order valence-corrected chi connectivity index (χ3v) is 3.09. The normalized spacial score (nSPS) is 13.8. The Hall–Kier alpha value is -1.19. The molecule has 1 aromatic carbocycles. The van der Waals surface area contributed by atoms with E-state index in [1.165, 1.54) is 12.1 Å². The number of phenols is 2. The van der Waals surface area contributed by atoms with Crippen LogP contribution >= 0.6 is 7.82 Å². The fourth-order valence-electron chi connectivity index (χ4n) is 1.84. The van der Waals surface area contributed by atoms with Gasteiger partial charge in [-0.25, -0.2) is 4.57 Å².